The number of sulfone groups is 1. The van der Waals surface area contributed by atoms with Gasteiger partial charge in [-0.2, -0.15) is 0 Å². The minimum Gasteiger partial charge on any atom is -0.466 e. The second-order valence-electron chi connectivity index (χ2n) is 4.51. The third kappa shape index (κ3) is 4.19. The first kappa shape index (κ1) is 16.4. The van der Waals surface area contributed by atoms with Crippen molar-refractivity contribution in [3.8, 4) is 0 Å². The number of likely N-dealkylation sites (N-methyl/N-ethyl adjacent to an activating group) is 1. The molecule has 0 saturated heterocycles. The molecular formula is C13H20N2O4S. The molecule has 0 unspecified atom stereocenters. The Balaban J connectivity index is 2.96. The summed E-state index contributed by atoms with van der Waals surface area (Å²) in [6.07, 6.45) is 5.59. The number of allylic oxidation sites excluding steroid dienone is 3. The van der Waals surface area contributed by atoms with Crippen LogP contribution < -0.4 is 0 Å². The first-order valence-electron chi connectivity index (χ1n) is 6.34. The molecule has 112 valence electrons. The maximum Gasteiger partial charge on any atom is 0.313 e. The van der Waals surface area contributed by atoms with E-state index in [0.717, 1.165) is 6.26 Å². The van der Waals surface area contributed by atoms with Gasteiger partial charge in [-0.05, 0) is 25.8 Å². The third-order valence-corrected chi connectivity index (χ3v) is 4.24. The fourth-order valence-corrected chi connectivity index (χ4v) is 2.99. The number of hydrogen-bond acceptors (Lipinski definition) is 5. The van der Waals surface area contributed by atoms with Crippen molar-refractivity contribution in [2.75, 3.05) is 19.9 Å². The lowest BCUT2D eigenvalue weighted by Gasteiger charge is -2.25. The molecule has 1 rings (SSSR count). The van der Waals surface area contributed by atoms with Crippen LogP contribution in [0.15, 0.2) is 22.8 Å². The van der Waals surface area contributed by atoms with Crippen LogP contribution in [0.3, 0.4) is 0 Å². The Morgan fingerprint density at radius 1 is 1.50 bits per heavy atom. The Bertz CT molecular complexity index is 561. The van der Waals surface area contributed by atoms with Gasteiger partial charge in [0.15, 0.2) is 9.84 Å². The van der Waals surface area contributed by atoms with Crippen molar-refractivity contribution < 1.29 is 17.9 Å². The molecule has 0 aliphatic heterocycles. The molecule has 0 bridgehead atoms. The van der Waals surface area contributed by atoms with Crippen LogP contribution in [0.5, 0.6) is 0 Å². The van der Waals surface area contributed by atoms with E-state index in [-0.39, 0.29) is 18.9 Å². The molecule has 6 nitrogen and oxygen atoms in total. The average Bonchev–Trinajstić information content (AvgIpc) is 2.37. The normalized spacial score (nSPS) is 15.2. The van der Waals surface area contributed by atoms with E-state index >= 15 is 0 Å². The molecule has 1 aliphatic rings. The summed E-state index contributed by atoms with van der Waals surface area (Å²) in [5.41, 5.74) is 0.452. The lowest BCUT2D eigenvalue weighted by atomic mass is 10.1. The van der Waals surface area contributed by atoms with Gasteiger partial charge in [-0.3, -0.25) is 10.2 Å². The Kier molecular flexibility index (Phi) is 5.50. The summed E-state index contributed by atoms with van der Waals surface area (Å²) in [7, 11) is -1.74. The molecule has 0 aromatic rings. The Hall–Kier alpha value is -1.63. The SMILES string of the molecule is CCOC(=O)CC(=N)N(C)C1=C(S(C)(=O)=O)CCC=C1. The molecule has 1 aliphatic carbocycles. The van der Waals surface area contributed by atoms with E-state index in [1.807, 2.05) is 6.08 Å². The molecule has 7 heteroatoms. The number of rotatable bonds is 5. The molecule has 1 N–H and O–H groups in total. The molecule has 0 heterocycles. The van der Waals surface area contributed by atoms with Crippen molar-refractivity contribution >= 4 is 21.6 Å². The van der Waals surface area contributed by atoms with Crippen LogP contribution in [0.25, 0.3) is 0 Å². The summed E-state index contributed by atoms with van der Waals surface area (Å²) in [5.74, 6) is -0.489. The van der Waals surface area contributed by atoms with Gasteiger partial charge < -0.3 is 9.64 Å². The van der Waals surface area contributed by atoms with Crippen molar-refractivity contribution in [1.29, 1.82) is 5.41 Å². The Labute approximate surface area is 119 Å². The second-order valence-corrected chi connectivity index (χ2v) is 6.55. The van der Waals surface area contributed by atoms with Crippen LogP contribution in [-0.2, 0) is 19.4 Å². The molecule has 0 fully saturated rings. The maximum atomic E-state index is 11.8. The van der Waals surface area contributed by atoms with Gasteiger partial charge in [0.05, 0.1) is 17.2 Å². The van der Waals surface area contributed by atoms with Gasteiger partial charge in [-0.25, -0.2) is 8.42 Å². The monoisotopic (exact) mass is 300 g/mol. The first-order valence-corrected chi connectivity index (χ1v) is 8.23. The van der Waals surface area contributed by atoms with Crippen molar-refractivity contribution in [3.05, 3.63) is 22.8 Å². The average molecular weight is 300 g/mol. The fourth-order valence-electron chi connectivity index (χ4n) is 1.92. The summed E-state index contributed by atoms with van der Waals surface area (Å²) in [6.45, 7) is 1.95. The summed E-state index contributed by atoms with van der Waals surface area (Å²) < 4.78 is 28.3. The number of hydrogen-bond donors (Lipinski definition) is 1. The van der Waals surface area contributed by atoms with E-state index in [2.05, 4.69) is 0 Å². The Morgan fingerprint density at radius 2 is 2.15 bits per heavy atom. The highest BCUT2D eigenvalue weighted by molar-refractivity contribution is 7.94. The van der Waals surface area contributed by atoms with Crippen LogP contribution in [0.4, 0.5) is 0 Å². The molecule has 0 aromatic heterocycles. The zero-order chi connectivity index (χ0) is 15.3. The minimum absolute atomic E-state index is 0.00569. The second kappa shape index (κ2) is 6.69. The zero-order valence-electron chi connectivity index (χ0n) is 12.0. The van der Waals surface area contributed by atoms with E-state index in [4.69, 9.17) is 10.1 Å². The quantitative estimate of drug-likeness (QED) is 0.472. The Morgan fingerprint density at radius 3 is 2.70 bits per heavy atom. The number of ether oxygens (including phenoxy) is 1. The van der Waals surface area contributed by atoms with Crippen molar-refractivity contribution in [2.45, 2.75) is 26.2 Å². The lowest BCUT2D eigenvalue weighted by molar-refractivity contribution is -0.141. The van der Waals surface area contributed by atoms with E-state index in [0.29, 0.717) is 23.4 Å². The summed E-state index contributed by atoms with van der Waals surface area (Å²) in [5, 5.41) is 7.90. The smallest absolute Gasteiger partial charge is 0.313 e. The van der Waals surface area contributed by atoms with Gasteiger partial charge in [0.25, 0.3) is 0 Å². The van der Waals surface area contributed by atoms with Crippen molar-refractivity contribution in [1.82, 2.24) is 4.90 Å². The molecule has 0 saturated carbocycles. The van der Waals surface area contributed by atoms with E-state index in [1.165, 1.54) is 4.90 Å². The topological polar surface area (TPSA) is 87.5 Å². The first-order chi connectivity index (χ1) is 9.27. The number of nitrogens with zero attached hydrogens (tertiary/aromatic N) is 1. The number of nitrogens with one attached hydrogen (secondary N) is 1. The highest BCUT2D eigenvalue weighted by Gasteiger charge is 2.23. The van der Waals surface area contributed by atoms with Gasteiger partial charge in [-0.1, -0.05) is 6.08 Å². The van der Waals surface area contributed by atoms with Crippen LogP contribution >= 0.6 is 0 Å². The van der Waals surface area contributed by atoms with Crippen molar-refractivity contribution in [2.24, 2.45) is 0 Å². The third-order valence-electron chi connectivity index (χ3n) is 2.93. The van der Waals surface area contributed by atoms with Gasteiger partial charge in [-0.15, -0.1) is 0 Å². The van der Waals surface area contributed by atoms with Crippen molar-refractivity contribution in [3.63, 3.8) is 0 Å². The highest BCUT2D eigenvalue weighted by Crippen LogP contribution is 2.25. The van der Waals surface area contributed by atoms with Gasteiger partial charge in [0, 0.05) is 13.3 Å². The number of amidine groups is 1. The van der Waals surface area contributed by atoms with Gasteiger partial charge in [0.1, 0.15) is 12.3 Å². The van der Waals surface area contributed by atoms with Gasteiger partial charge >= 0.3 is 5.97 Å². The van der Waals surface area contributed by atoms with Crippen LogP contribution in [-0.4, -0.2) is 45.0 Å². The molecule has 0 atom stereocenters. The molecule has 0 amide bonds. The number of esters is 1. The maximum absolute atomic E-state index is 11.8. The predicted octanol–water partition coefficient (Wildman–Crippen LogP) is 1.45. The largest absolute Gasteiger partial charge is 0.466 e. The summed E-state index contributed by atoms with van der Waals surface area (Å²) in [6, 6.07) is 0. The number of carbonyl (C=O) groups excluding carboxylic acids is 1. The van der Waals surface area contributed by atoms with Gasteiger partial charge in [0.2, 0.25) is 0 Å². The highest BCUT2D eigenvalue weighted by atomic mass is 32.2. The lowest BCUT2D eigenvalue weighted by Crippen LogP contribution is -2.30. The van der Waals surface area contributed by atoms with Crippen LogP contribution in [0, 0.1) is 5.41 Å². The van der Waals surface area contributed by atoms with E-state index < -0.39 is 15.8 Å². The molecule has 0 aromatic carbocycles. The van der Waals surface area contributed by atoms with Crippen LogP contribution in [0.2, 0.25) is 0 Å². The predicted molar refractivity (Wildman–Crippen MR) is 77.0 cm³/mol. The summed E-state index contributed by atoms with van der Waals surface area (Å²) >= 11 is 0. The van der Waals surface area contributed by atoms with E-state index in [9.17, 15) is 13.2 Å². The van der Waals surface area contributed by atoms with E-state index in [1.54, 1.807) is 20.0 Å². The standard InChI is InChI=1S/C13H20N2O4S/c1-4-19-13(16)9-12(14)15(2)10-7-5-6-8-11(10)20(3,17)18/h5,7,14H,4,6,8-9H2,1-3H3. The fraction of sp³-hybridized carbons (Fsp3) is 0.538. The number of carbonyl (C=O) groups is 1. The van der Waals surface area contributed by atoms with Crippen LogP contribution in [0.1, 0.15) is 26.2 Å². The minimum atomic E-state index is -3.32. The molecule has 20 heavy (non-hydrogen) atoms. The molecule has 0 spiro atoms. The molecular weight excluding hydrogens is 280 g/mol. The summed E-state index contributed by atoms with van der Waals surface area (Å²) in [4.78, 5) is 13.1. The zero-order valence-corrected chi connectivity index (χ0v) is 12.8. The molecule has 0 radical (unpaired) electrons.